The molecule has 61 heavy (non-hydrogen) atoms. The smallest absolute Gasteiger partial charge is 0.441 e. The van der Waals surface area contributed by atoms with E-state index in [9.17, 15) is 28.8 Å². The summed E-state index contributed by atoms with van der Waals surface area (Å²) in [6, 6.07) is 11.7. The molecule has 2 rings (SSSR count). The molecule has 22 nitrogen and oxygen atoms in total. The van der Waals surface area contributed by atoms with E-state index >= 15 is 0 Å². The van der Waals surface area contributed by atoms with E-state index in [4.69, 9.17) is 65.1 Å². The van der Waals surface area contributed by atoms with E-state index in [1.54, 1.807) is 57.4 Å². The molecule has 7 N–H and O–H groups in total. The number of ether oxygens (including phenoxy) is 4. The largest absolute Gasteiger partial charge is 0.497 e. The molecule has 0 fully saturated rings. The topological polar surface area (TPSA) is 363 Å². The summed E-state index contributed by atoms with van der Waals surface area (Å²) in [4.78, 5) is 105. The number of rotatable bonds is 11. The van der Waals surface area contributed by atoms with Gasteiger partial charge in [0.25, 0.3) is 29.8 Å². The molecule has 0 saturated heterocycles. The molecule has 348 valence electrons. The zero-order valence-corrected chi connectivity index (χ0v) is 37.5. The van der Waals surface area contributed by atoms with Gasteiger partial charge >= 0.3 is 17.7 Å². The van der Waals surface area contributed by atoms with Crippen molar-refractivity contribution in [1.82, 2.24) is 5.32 Å². The van der Waals surface area contributed by atoms with Crippen molar-refractivity contribution >= 4 is 64.9 Å². The van der Waals surface area contributed by atoms with Crippen LogP contribution in [0, 0.1) is 0 Å². The molecular weight excluding hydrogens is 994 g/mol. The first-order valence-electron chi connectivity index (χ1n) is 16.0. The first-order valence-corrected chi connectivity index (χ1v) is 16.0. The van der Waals surface area contributed by atoms with E-state index in [0.29, 0.717) is 16.9 Å². The molecule has 2 amide bonds. The van der Waals surface area contributed by atoms with Crippen molar-refractivity contribution in [3.05, 3.63) is 65.2 Å². The summed E-state index contributed by atoms with van der Waals surface area (Å²) in [6.07, 6.45) is 0. The van der Waals surface area contributed by atoms with E-state index < -0.39 is 71.0 Å². The number of nitrogens with zero attached hydrogens (tertiary/aromatic N) is 2. The second-order valence-electron chi connectivity index (χ2n) is 9.89. The molecule has 0 bridgehead atoms. The van der Waals surface area contributed by atoms with Crippen LogP contribution < -0.4 is 20.5 Å². The predicted octanol–water partition coefficient (Wildman–Crippen LogP) is 2.54. The fourth-order valence-corrected chi connectivity index (χ4v) is 2.72. The van der Waals surface area contributed by atoms with Gasteiger partial charge in [-0.25, -0.2) is 9.59 Å². The van der Waals surface area contributed by atoms with E-state index in [1.807, 2.05) is 0 Å². The summed E-state index contributed by atoms with van der Waals surface area (Å²) in [6.45, 7) is 10.2. The Labute approximate surface area is 378 Å². The first kappa shape index (κ1) is 72.4. The number of nitrogens with two attached hydrogens (primary N) is 1. The van der Waals surface area contributed by atoms with Crippen LogP contribution in [-0.2, 0) is 86.8 Å². The predicted molar refractivity (Wildman–Crippen MR) is 209 cm³/mol. The fraction of sp³-hybridized carbons (Fsp3) is 0.378. The zero-order valence-electron chi connectivity index (χ0n) is 34.3. The van der Waals surface area contributed by atoms with E-state index in [1.165, 1.54) is 26.2 Å². The number of aliphatic carboxylic acids is 4. The van der Waals surface area contributed by atoms with Crippen LogP contribution in [0.3, 0.4) is 0 Å². The molecular formula is C37H54N4O18Rh2. The van der Waals surface area contributed by atoms with Gasteiger partial charge in [0.05, 0.1) is 27.4 Å². The molecule has 1 atom stereocenters. The number of carbonyl (C=O) groups is 10. The number of hydrogen-bond acceptors (Lipinski definition) is 14. The van der Waals surface area contributed by atoms with Crippen molar-refractivity contribution in [2.24, 2.45) is 5.73 Å². The van der Waals surface area contributed by atoms with Crippen LogP contribution in [-0.4, -0.2) is 124 Å². The van der Waals surface area contributed by atoms with E-state index in [2.05, 4.69) is 14.8 Å². The first-order chi connectivity index (χ1) is 26.8. The molecule has 0 aliphatic rings. The minimum atomic E-state index is -1.29. The monoisotopic (exact) mass is 1050 g/mol. The summed E-state index contributed by atoms with van der Waals surface area (Å²) in [7, 11) is 3.08. The average molecular weight is 1050 g/mol. The molecule has 0 spiro atoms. The molecule has 0 saturated carbocycles. The third-order valence-electron chi connectivity index (χ3n) is 4.83. The number of primary amides is 1. The Kier molecular flexibility index (Phi) is 53.2. The normalized spacial score (nSPS) is 8.49. The maximum atomic E-state index is 12.0. The maximum Gasteiger partial charge on any atom is 0.441 e. The Balaban J connectivity index is -0.0000000988. The zero-order chi connectivity index (χ0) is 46.6. The molecule has 2 radical (unpaired) electrons. The van der Waals surface area contributed by atoms with Crippen molar-refractivity contribution in [2.45, 2.75) is 68.9 Å². The summed E-state index contributed by atoms with van der Waals surface area (Å²) >= 11 is 0. The van der Waals surface area contributed by atoms with Gasteiger partial charge in [-0.15, -0.1) is 0 Å². The molecule has 2 aromatic carbocycles. The summed E-state index contributed by atoms with van der Waals surface area (Å²) < 4.78 is 19.0. The van der Waals surface area contributed by atoms with Crippen molar-refractivity contribution < 1.29 is 131 Å². The maximum absolute atomic E-state index is 12.0. The summed E-state index contributed by atoms with van der Waals surface area (Å²) in [5.74, 6) is -5.72. The van der Waals surface area contributed by atoms with E-state index in [-0.39, 0.29) is 59.6 Å². The second-order valence-corrected chi connectivity index (χ2v) is 9.89. The van der Waals surface area contributed by atoms with Gasteiger partial charge in [-0.3, -0.25) is 38.4 Å². The molecule has 1 unspecified atom stereocenters. The average Bonchev–Trinajstić information content (AvgIpc) is 3.10. The van der Waals surface area contributed by atoms with Gasteiger partial charge in [0, 0.05) is 84.7 Å². The van der Waals surface area contributed by atoms with Crippen LogP contribution in [0.4, 0.5) is 0 Å². The number of ketones is 2. The van der Waals surface area contributed by atoms with Crippen LogP contribution in [0.1, 0.15) is 83.5 Å². The van der Waals surface area contributed by atoms with E-state index in [0.717, 1.165) is 40.4 Å². The van der Waals surface area contributed by atoms with Gasteiger partial charge < -0.3 is 56.0 Å². The summed E-state index contributed by atoms with van der Waals surface area (Å²) in [5.41, 5.74) is 13.4. The van der Waals surface area contributed by atoms with Crippen molar-refractivity contribution in [3.63, 3.8) is 0 Å². The standard InChI is InChI=1S/C14H17NO5.C8H9NO2.C6H8N2O3.4C2H4O2.CH4.2Rh/c1-4-20-14(18)12(9(2)16)15-13(17)10-5-7-11(19-3)8-6-10;1-11-7-4-2-6(3-5-7)8(9)10;1-3-11-6(10)5(8-7)4(2)9;4*1-2(3)4;;;/h5-8,12H,4H2,1-3H3,(H,15,17);2-5H,1H3,(H2,9,10);3H2,1-2H3;4*1H3,(H,3,4);1H4;;. The molecule has 0 aliphatic heterocycles. The quantitative estimate of drug-likeness (QED) is 0.0470. The van der Waals surface area contributed by atoms with Gasteiger partial charge in [-0.1, -0.05) is 7.43 Å². The molecule has 0 aromatic heterocycles. The molecule has 0 heterocycles. The number of benzene rings is 2. The number of carboxylic acid groups (broad SMARTS) is 4. The SMILES string of the molecule is C.CC(=O)O.CC(=O)O.CC(=O)O.CC(=O)O.CCOC(=O)C(=[N+]=[N-])C(C)=O.CCOC(=O)C(NC(=O)c1ccc(OC)cc1)C(C)=O.COc1ccc(C(N)=O)cc1.[Rh].[Rh]. The number of esters is 2. The van der Waals surface area contributed by atoms with Crippen LogP contribution in [0.25, 0.3) is 5.53 Å². The van der Waals surface area contributed by atoms with Gasteiger partial charge in [0.1, 0.15) is 11.5 Å². The molecule has 0 aliphatic carbocycles. The third-order valence-corrected chi connectivity index (χ3v) is 4.83. The number of carboxylic acids is 4. The number of carbonyl (C=O) groups excluding carboxylic acids is 6. The van der Waals surface area contributed by atoms with Crippen LogP contribution in [0.5, 0.6) is 11.5 Å². The van der Waals surface area contributed by atoms with Crippen LogP contribution in [0.15, 0.2) is 48.5 Å². The Bertz CT molecular complexity index is 1630. The van der Waals surface area contributed by atoms with Gasteiger partial charge in [-0.05, 0) is 69.3 Å². The van der Waals surface area contributed by atoms with Crippen molar-refractivity contribution in [2.75, 3.05) is 27.4 Å². The van der Waals surface area contributed by atoms with Gasteiger partial charge in [0.15, 0.2) is 11.8 Å². The Morgan fingerprint density at radius 3 is 1.18 bits per heavy atom. The Morgan fingerprint density at radius 1 is 0.639 bits per heavy atom. The number of Topliss-reactive ketones (excluding diaryl/α,β-unsaturated/α-hetero) is 2. The number of hydrogen-bond donors (Lipinski definition) is 6. The third kappa shape index (κ3) is 49.8. The molecule has 2 aromatic rings. The van der Waals surface area contributed by atoms with Crippen molar-refractivity contribution in [3.8, 4) is 11.5 Å². The van der Waals surface area contributed by atoms with Crippen LogP contribution >= 0.6 is 0 Å². The Hall–Kier alpha value is -6.23. The fourth-order valence-electron chi connectivity index (χ4n) is 2.72. The molecule has 24 heteroatoms. The van der Waals surface area contributed by atoms with Crippen molar-refractivity contribution in [1.29, 1.82) is 0 Å². The minimum absolute atomic E-state index is 0. The Morgan fingerprint density at radius 2 is 0.951 bits per heavy atom. The summed E-state index contributed by atoms with van der Waals surface area (Å²) in [5, 5.41) is 32.0. The second kappa shape index (κ2) is 44.9. The van der Waals surface area contributed by atoms with Crippen LogP contribution in [0.2, 0.25) is 0 Å². The minimum Gasteiger partial charge on any atom is -0.497 e. The number of nitrogens with one attached hydrogen (secondary N) is 1. The number of amides is 2. The van der Waals surface area contributed by atoms with Gasteiger partial charge in [-0.2, -0.15) is 4.79 Å². The van der Waals surface area contributed by atoms with Gasteiger partial charge in [0.2, 0.25) is 11.7 Å². The number of methoxy groups -OCH3 is 2.